The number of aromatic nitrogens is 3. The molecule has 31 heavy (non-hydrogen) atoms. The minimum Gasteiger partial charge on any atom is -0.288 e. The third kappa shape index (κ3) is 3.87. The van der Waals surface area contributed by atoms with E-state index in [1.165, 1.54) is 22.3 Å². The fraction of sp³-hybridized carbons (Fsp3) is 0.250. The van der Waals surface area contributed by atoms with E-state index < -0.39 is 11.7 Å². The number of pyridine rings is 1. The highest BCUT2D eigenvalue weighted by Gasteiger charge is 2.30. The SMILES string of the molecule is CCc1ccc(-n2nc(C)c3c(C)cc(=O)n(Cc4cccc(C(F)(F)F)c4)c32)cc1. The summed E-state index contributed by atoms with van der Waals surface area (Å²) in [5.74, 6) is 0. The van der Waals surface area contributed by atoms with Crippen molar-refractivity contribution in [1.29, 1.82) is 0 Å². The van der Waals surface area contributed by atoms with Crippen LogP contribution in [-0.4, -0.2) is 14.3 Å². The van der Waals surface area contributed by atoms with Crippen LogP contribution in [0, 0.1) is 13.8 Å². The highest BCUT2D eigenvalue weighted by atomic mass is 19.4. The van der Waals surface area contributed by atoms with Gasteiger partial charge in [-0.1, -0.05) is 31.2 Å². The maximum atomic E-state index is 13.2. The number of hydrogen-bond acceptors (Lipinski definition) is 2. The van der Waals surface area contributed by atoms with Gasteiger partial charge >= 0.3 is 6.18 Å². The summed E-state index contributed by atoms with van der Waals surface area (Å²) < 4.78 is 42.7. The summed E-state index contributed by atoms with van der Waals surface area (Å²) in [6.45, 7) is 5.79. The average Bonchev–Trinajstić information content (AvgIpc) is 3.08. The Labute approximate surface area is 177 Å². The van der Waals surface area contributed by atoms with Gasteiger partial charge in [0.05, 0.1) is 23.5 Å². The Morgan fingerprint density at radius 1 is 0.968 bits per heavy atom. The van der Waals surface area contributed by atoms with Crippen molar-refractivity contribution >= 4 is 11.0 Å². The molecule has 0 saturated carbocycles. The van der Waals surface area contributed by atoms with Crippen molar-refractivity contribution in [3.8, 4) is 5.69 Å². The van der Waals surface area contributed by atoms with Crippen LogP contribution < -0.4 is 5.56 Å². The van der Waals surface area contributed by atoms with E-state index >= 15 is 0 Å². The molecular formula is C24H22F3N3O. The topological polar surface area (TPSA) is 39.8 Å². The second-order valence-electron chi connectivity index (χ2n) is 7.67. The smallest absolute Gasteiger partial charge is 0.288 e. The molecule has 0 aliphatic carbocycles. The summed E-state index contributed by atoms with van der Waals surface area (Å²) in [6, 6.07) is 14.5. The molecule has 4 rings (SSSR count). The predicted molar refractivity (Wildman–Crippen MR) is 115 cm³/mol. The van der Waals surface area contributed by atoms with Crippen LogP contribution >= 0.6 is 0 Å². The van der Waals surface area contributed by atoms with Gasteiger partial charge < -0.3 is 0 Å². The van der Waals surface area contributed by atoms with Gasteiger partial charge in [0, 0.05) is 11.5 Å². The van der Waals surface area contributed by atoms with Gasteiger partial charge in [-0.2, -0.15) is 18.3 Å². The van der Waals surface area contributed by atoms with E-state index in [1.54, 1.807) is 10.7 Å². The van der Waals surface area contributed by atoms with Crippen molar-refractivity contribution in [3.05, 3.63) is 92.9 Å². The Morgan fingerprint density at radius 2 is 1.68 bits per heavy atom. The number of aryl methyl sites for hydroxylation is 3. The minimum atomic E-state index is -4.44. The third-order valence-corrected chi connectivity index (χ3v) is 5.48. The summed E-state index contributed by atoms with van der Waals surface area (Å²) in [5, 5.41) is 5.48. The first-order chi connectivity index (χ1) is 14.7. The van der Waals surface area contributed by atoms with E-state index in [1.807, 2.05) is 38.1 Å². The standard InChI is InChI=1S/C24H22F3N3O/c1-4-17-8-10-20(11-9-17)30-23-22(16(3)28-30)15(2)12-21(31)29(23)14-18-6-5-7-19(13-18)24(25,26)27/h5-13H,4,14H2,1-3H3. The molecule has 2 aromatic heterocycles. The fourth-order valence-corrected chi connectivity index (χ4v) is 3.90. The Morgan fingerprint density at radius 3 is 2.32 bits per heavy atom. The van der Waals surface area contributed by atoms with Crippen molar-refractivity contribution in [2.75, 3.05) is 0 Å². The maximum absolute atomic E-state index is 13.2. The van der Waals surface area contributed by atoms with Crippen molar-refractivity contribution in [3.63, 3.8) is 0 Å². The van der Waals surface area contributed by atoms with Gasteiger partial charge in [-0.05, 0) is 61.2 Å². The van der Waals surface area contributed by atoms with E-state index in [0.29, 0.717) is 11.2 Å². The van der Waals surface area contributed by atoms with Crippen LogP contribution in [0.25, 0.3) is 16.7 Å². The lowest BCUT2D eigenvalue weighted by atomic mass is 10.1. The molecule has 0 bridgehead atoms. The molecule has 0 unspecified atom stereocenters. The lowest BCUT2D eigenvalue weighted by Crippen LogP contribution is -2.23. The van der Waals surface area contributed by atoms with Crippen LogP contribution in [0.5, 0.6) is 0 Å². The van der Waals surface area contributed by atoms with E-state index in [2.05, 4.69) is 12.0 Å². The zero-order chi connectivity index (χ0) is 22.3. The number of halogens is 3. The first-order valence-corrected chi connectivity index (χ1v) is 10.0. The van der Waals surface area contributed by atoms with Gasteiger partial charge in [0.2, 0.25) is 0 Å². The van der Waals surface area contributed by atoms with Crippen LogP contribution in [0.1, 0.15) is 34.9 Å². The summed E-state index contributed by atoms with van der Waals surface area (Å²) in [5.41, 5.74) is 3.46. The van der Waals surface area contributed by atoms with Gasteiger partial charge in [0.15, 0.2) is 0 Å². The van der Waals surface area contributed by atoms with Gasteiger partial charge in [0.25, 0.3) is 5.56 Å². The molecule has 0 aliphatic heterocycles. The number of hydrogen-bond donors (Lipinski definition) is 0. The molecule has 0 atom stereocenters. The van der Waals surface area contributed by atoms with Crippen LogP contribution in [0.3, 0.4) is 0 Å². The average molecular weight is 425 g/mol. The molecule has 0 amide bonds. The van der Waals surface area contributed by atoms with Gasteiger partial charge in [-0.15, -0.1) is 0 Å². The first kappa shape index (κ1) is 20.9. The number of fused-ring (bicyclic) bond motifs is 1. The van der Waals surface area contributed by atoms with Crippen molar-refractivity contribution in [1.82, 2.24) is 14.3 Å². The number of alkyl halides is 3. The second kappa shape index (κ2) is 7.72. The molecule has 2 aromatic carbocycles. The molecular weight excluding hydrogens is 403 g/mol. The quantitative estimate of drug-likeness (QED) is 0.437. The first-order valence-electron chi connectivity index (χ1n) is 10.0. The molecule has 2 heterocycles. The van der Waals surface area contributed by atoms with Crippen LogP contribution in [-0.2, 0) is 19.1 Å². The molecule has 0 saturated heterocycles. The molecule has 7 heteroatoms. The highest BCUT2D eigenvalue weighted by molar-refractivity contribution is 5.83. The molecule has 0 fully saturated rings. The molecule has 160 valence electrons. The Hall–Kier alpha value is -3.35. The normalized spacial score (nSPS) is 11.9. The van der Waals surface area contributed by atoms with Gasteiger partial charge in [-0.3, -0.25) is 9.36 Å². The number of rotatable bonds is 4. The number of nitrogens with zero attached hydrogens (tertiary/aromatic N) is 3. The Kier molecular flexibility index (Phi) is 5.21. The maximum Gasteiger partial charge on any atom is 0.416 e. The molecule has 4 nitrogen and oxygen atoms in total. The van der Waals surface area contributed by atoms with Crippen LogP contribution in [0.2, 0.25) is 0 Å². The highest BCUT2D eigenvalue weighted by Crippen LogP contribution is 2.30. The number of benzene rings is 2. The minimum absolute atomic E-state index is 0.0116. The van der Waals surface area contributed by atoms with Crippen LogP contribution in [0.4, 0.5) is 13.2 Å². The zero-order valence-electron chi connectivity index (χ0n) is 17.5. The van der Waals surface area contributed by atoms with Crippen molar-refractivity contribution in [2.24, 2.45) is 0 Å². The van der Waals surface area contributed by atoms with Gasteiger partial charge in [-0.25, -0.2) is 4.68 Å². The summed E-state index contributed by atoms with van der Waals surface area (Å²) >= 11 is 0. The van der Waals surface area contributed by atoms with Gasteiger partial charge in [0.1, 0.15) is 5.65 Å². The second-order valence-corrected chi connectivity index (χ2v) is 7.67. The van der Waals surface area contributed by atoms with E-state index in [9.17, 15) is 18.0 Å². The molecule has 0 spiro atoms. The zero-order valence-corrected chi connectivity index (χ0v) is 17.5. The lowest BCUT2D eigenvalue weighted by Gasteiger charge is -2.14. The fourth-order valence-electron chi connectivity index (χ4n) is 3.90. The Balaban J connectivity index is 1.92. The summed E-state index contributed by atoms with van der Waals surface area (Å²) in [6.07, 6.45) is -3.54. The summed E-state index contributed by atoms with van der Waals surface area (Å²) in [7, 11) is 0. The van der Waals surface area contributed by atoms with Crippen LogP contribution in [0.15, 0.2) is 59.4 Å². The largest absolute Gasteiger partial charge is 0.416 e. The molecule has 0 radical (unpaired) electrons. The lowest BCUT2D eigenvalue weighted by molar-refractivity contribution is -0.137. The van der Waals surface area contributed by atoms with E-state index in [4.69, 9.17) is 0 Å². The monoisotopic (exact) mass is 425 g/mol. The third-order valence-electron chi connectivity index (χ3n) is 5.48. The Bertz CT molecular complexity index is 1320. The summed E-state index contributed by atoms with van der Waals surface area (Å²) in [4.78, 5) is 12.9. The van der Waals surface area contributed by atoms with E-state index in [-0.39, 0.29) is 12.1 Å². The molecule has 0 N–H and O–H groups in total. The van der Waals surface area contributed by atoms with E-state index in [0.717, 1.165) is 40.9 Å². The van der Waals surface area contributed by atoms with Crippen molar-refractivity contribution < 1.29 is 13.2 Å². The van der Waals surface area contributed by atoms with Crippen molar-refractivity contribution in [2.45, 2.75) is 39.9 Å². The molecule has 4 aromatic rings. The predicted octanol–water partition coefficient (Wildman–Crippen LogP) is 5.43. The molecule has 0 aliphatic rings.